The highest BCUT2D eigenvalue weighted by molar-refractivity contribution is 9.10. The van der Waals surface area contributed by atoms with E-state index in [1.807, 2.05) is 24.3 Å². The number of methoxy groups -OCH3 is 1. The first-order chi connectivity index (χ1) is 15.9. The first-order valence-corrected chi connectivity index (χ1v) is 12.5. The smallest absolute Gasteiger partial charge is 0.163 e. The number of nitrogens with one attached hydrogen (secondary N) is 1. The minimum absolute atomic E-state index is 0. The molecule has 1 aliphatic carbocycles. The number of benzene rings is 2. The van der Waals surface area contributed by atoms with Gasteiger partial charge in [-0.2, -0.15) is 0 Å². The van der Waals surface area contributed by atoms with Gasteiger partial charge in [-0.25, -0.2) is 9.97 Å². The summed E-state index contributed by atoms with van der Waals surface area (Å²) in [5.41, 5.74) is 1.41. The van der Waals surface area contributed by atoms with E-state index in [-0.39, 0.29) is 12.4 Å². The summed E-state index contributed by atoms with van der Waals surface area (Å²) in [6, 6.07) is 7.50. The van der Waals surface area contributed by atoms with Gasteiger partial charge in [-0.1, -0.05) is 23.2 Å². The summed E-state index contributed by atoms with van der Waals surface area (Å²) in [6.45, 7) is 3.11. The van der Waals surface area contributed by atoms with Gasteiger partial charge in [0, 0.05) is 29.0 Å². The molecule has 3 atom stereocenters. The summed E-state index contributed by atoms with van der Waals surface area (Å²) >= 11 is 16.1. The molecule has 2 aromatic carbocycles. The number of hydrogen-bond donors (Lipinski definition) is 1. The molecule has 1 N–H and O–H groups in total. The van der Waals surface area contributed by atoms with Crippen LogP contribution in [0, 0.1) is 17.8 Å². The Labute approximate surface area is 223 Å². The Morgan fingerprint density at radius 1 is 1.09 bits per heavy atom. The highest BCUT2D eigenvalue weighted by atomic mass is 79.9. The zero-order valence-corrected chi connectivity index (χ0v) is 22.8. The maximum absolute atomic E-state index is 6.41. The minimum Gasteiger partial charge on any atom is -0.493 e. The van der Waals surface area contributed by atoms with Crippen LogP contribution in [0.2, 0.25) is 10.0 Å². The quantitative estimate of drug-likeness (QED) is 0.318. The van der Waals surface area contributed by atoms with Crippen LogP contribution in [0.4, 0.5) is 11.5 Å². The van der Waals surface area contributed by atoms with Crippen molar-refractivity contribution in [3.63, 3.8) is 0 Å². The van der Waals surface area contributed by atoms with Crippen LogP contribution in [0.5, 0.6) is 11.5 Å². The number of anilines is 2. The maximum Gasteiger partial charge on any atom is 0.163 e. The normalized spacial score (nSPS) is 21.9. The van der Waals surface area contributed by atoms with E-state index in [9.17, 15) is 0 Å². The molecule has 1 saturated carbocycles. The van der Waals surface area contributed by atoms with Crippen molar-refractivity contribution in [3.8, 4) is 11.5 Å². The standard InChI is InChI=1S/C24H25BrCl2N4O2.ClH/c1-31-9-14-5-13(6-15(14)10-31)11-33-21-8-19-16(7-20(21)32-2)24(29-12-28-19)30-18-4-3-17(25)22(26)23(18)27;/h3-4,7-8,12-15H,5-6,9-11H2,1-2H3,(H,28,29,30);1H/t13-,14+,15-;. The number of nitrogens with zero attached hydrogens (tertiary/aromatic N) is 3. The number of likely N-dealkylation sites (tertiary alicyclic amines) is 1. The molecule has 3 aromatic rings. The molecule has 1 aromatic heterocycles. The zero-order chi connectivity index (χ0) is 23.1. The Bertz CT molecular complexity index is 1180. The second kappa shape index (κ2) is 10.6. The van der Waals surface area contributed by atoms with Crippen LogP contribution >= 0.6 is 51.5 Å². The van der Waals surface area contributed by atoms with Gasteiger partial charge < -0.3 is 19.7 Å². The van der Waals surface area contributed by atoms with Crippen molar-refractivity contribution in [1.82, 2.24) is 14.9 Å². The van der Waals surface area contributed by atoms with Crippen LogP contribution in [0.3, 0.4) is 0 Å². The summed E-state index contributed by atoms with van der Waals surface area (Å²) in [6.07, 6.45) is 3.99. The molecule has 0 unspecified atom stereocenters. The summed E-state index contributed by atoms with van der Waals surface area (Å²) < 4.78 is 12.6. The van der Waals surface area contributed by atoms with Crippen LogP contribution in [0.25, 0.3) is 10.9 Å². The van der Waals surface area contributed by atoms with Gasteiger partial charge >= 0.3 is 0 Å². The van der Waals surface area contributed by atoms with E-state index in [1.54, 1.807) is 7.11 Å². The van der Waals surface area contributed by atoms with Crippen molar-refractivity contribution in [3.05, 3.63) is 45.1 Å². The van der Waals surface area contributed by atoms with E-state index in [2.05, 4.69) is 43.2 Å². The number of aromatic nitrogens is 2. The van der Waals surface area contributed by atoms with Gasteiger partial charge in [0.05, 0.1) is 35.0 Å². The second-order valence-corrected chi connectivity index (χ2v) is 10.6. The minimum atomic E-state index is 0. The van der Waals surface area contributed by atoms with E-state index in [1.165, 1.54) is 32.3 Å². The summed E-state index contributed by atoms with van der Waals surface area (Å²) in [5.74, 6) is 4.16. The van der Waals surface area contributed by atoms with Crippen molar-refractivity contribution in [1.29, 1.82) is 0 Å². The van der Waals surface area contributed by atoms with Crippen molar-refractivity contribution in [2.24, 2.45) is 17.8 Å². The van der Waals surface area contributed by atoms with Crippen LogP contribution in [0.15, 0.2) is 35.1 Å². The summed E-state index contributed by atoms with van der Waals surface area (Å²) in [4.78, 5) is 11.3. The van der Waals surface area contributed by atoms with Gasteiger partial charge in [0.1, 0.15) is 12.1 Å². The van der Waals surface area contributed by atoms with Crippen LogP contribution < -0.4 is 14.8 Å². The topological polar surface area (TPSA) is 59.5 Å². The predicted octanol–water partition coefficient (Wildman–Crippen LogP) is 6.84. The van der Waals surface area contributed by atoms with Gasteiger partial charge in [0.15, 0.2) is 11.5 Å². The number of rotatable bonds is 6. The lowest BCUT2D eigenvalue weighted by molar-refractivity contribution is 0.227. The molecular formula is C24H26BrCl3N4O2. The monoisotopic (exact) mass is 586 g/mol. The van der Waals surface area contributed by atoms with Gasteiger partial charge in [-0.05, 0) is 71.8 Å². The molecule has 0 radical (unpaired) electrons. The average molecular weight is 589 g/mol. The average Bonchev–Trinajstić information content (AvgIpc) is 3.34. The molecule has 0 spiro atoms. The summed E-state index contributed by atoms with van der Waals surface area (Å²) in [7, 11) is 3.86. The molecule has 5 rings (SSSR count). The molecule has 2 aliphatic rings. The SMILES string of the molecule is COc1cc2c(Nc3ccc(Br)c(Cl)c3Cl)ncnc2cc1OC[C@H]1C[C@@H]2CN(C)C[C@@H]2C1.Cl. The number of halogens is 4. The fraction of sp³-hybridized carbons (Fsp3) is 0.417. The maximum atomic E-state index is 6.41. The lowest BCUT2D eigenvalue weighted by Crippen LogP contribution is -2.18. The fourth-order valence-corrected chi connectivity index (χ4v) is 6.01. The third-order valence-electron chi connectivity index (χ3n) is 6.71. The molecule has 2 fully saturated rings. The summed E-state index contributed by atoms with van der Waals surface area (Å²) in [5, 5.41) is 4.92. The Kier molecular flexibility index (Phi) is 7.99. The van der Waals surface area contributed by atoms with E-state index in [4.69, 9.17) is 32.7 Å². The first-order valence-electron chi connectivity index (χ1n) is 11.0. The molecule has 0 amide bonds. The van der Waals surface area contributed by atoms with Crippen LogP contribution in [-0.2, 0) is 0 Å². The highest BCUT2D eigenvalue weighted by Gasteiger charge is 2.39. The van der Waals surface area contributed by atoms with Gasteiger partial charge in [0.25, 0.3) is 0 Å². The van der Waals surface area contributed by atoms with Crippen molar-refractivity contribution >= 4 is 73.9 Å². The lowest BCUT2D eigenvalue weighted by Gasteiger charge is -2.18. The van der Waals surface area contributed by atoms with E-state index >= 15 is 0 Å². The Morgan fingerprint density at radius 2 is 1.82 bits per heavy atom. The highest BCUT2D eigenvalue weighted by Crippen LogP contribution is 2.42. The first kappa shape index (κ1) is 25.6. The van der Waals surface area contributed by atoms with Crippen LogP contribution in [-0.4, -0.2) is 48.7 Å². The third kappa shape index (κ3) is 5.05. The van der Waals surface area contributed by atoms with Crippen molar-refractivity contribution in [2.75, 3.05) is 39.2 Å². The molecule has 2 heterocycles. The molecule has 1 aliphatic heterocycles. The zero-order valence-electron chi connectivity index (χ0n) is 18.9. The number of fused-ring (bicyclic) bond motifs is 2. The predicted molar refractivity (Wildman–Crippen MR) is 143 cm³/mol. The number of hydrogen-bond acceptors (Lipinski definition) is 6. The van der Waals surface area contributed by atoms with E-state index in [0.29, 0.717) is 45.6 Å². The Balaban J connectivity index is 0.00000274. The van der Waals surface area contributed by atoms with E-state index in [0.717, 1.165) is 27.2 Å². The third-order valence-corrected chi connectivity index (χ3v) is 8.49. The second-order valence-electron chi connectivity index (χ2n) is 8.98. The molecule has 0 bridgehead atoms. The van der Waals surface area contributed by atoms with Gasteiger partial charge in [0.2, 0.25) is 0 Å². The number of ether oxygens (including phenoxy) is 2. The van der Waals surface area contributed by atoms with Gasteiger partial charge in [-0.3, -0.25) is 0 Å². The fourth-order valence-electron chi connectivity index (χ4n) is 5.19. The molecule has 34 heavy (non-hydrogen) atoms. The van der Waals surface area contributed by atoms with Gasteiger partial charge in [-0.15, -0.1) is 12.4 Å². The molecule has 10 heteroatoms. The molecule has 1 saturated heterocycles. The van der Waals surface area contributed by atoms with Crippen molar-refractivity contribution in [2.45, 2.75) is 12.8 Å². The Morgan fingerprint density at radius 3 is 2.53 bits per heavy atom. The largest absolute Gasteiger partial charge is 0.493 e. The Hall–Kier alpha value is -1.51. The molecule has 6 nitrogen and oxygen atoms in total. The lowest BCUT2D eigenvalue weighted by atomic mass is 10.0. The van der Waals surface area contributed by atoms with Crippen molar-refractivity contribution < 1.29 is 9.47 Å². The van der Waals surface area contributed by atoms with Crippen LogP contribution in [0.1, 0.15) is 12.8 Å². The van der Waals surface area contributed by atoms with E-state index < -0.39 is 0 Å². The molecule has 182 valence electrons. The molecular weight excluding hydrogens is 563 g/mol.